The lowest BCUT2D eigenvalue weighted by atomic mass is 10.1. The first-order valence-electron chi connectivity index (χ1n) is 8.21. The number of primary sulfonamides is 1. The molecule has 0 spiro atoms. The largest absolute Gasteiger partial charge is 0.490 e. The van der Waals surface area contributed by atoms with Gasteiger partial charge in [0.2, 0.25) is 20.0 Å². The Labute approximate surface area is 158 Å². The van der Waals surface area contributed by atoms with Crippen LogP contribution < -0.4 is 19.3 Å². The van der Waals surface area contributed by atoms with Gasteiger partial charge in [0.15, 0.2) is 11.5 Å². The summed E-state index contributed by atoms with van der Waals surface area (Å²) in [6.45, 7) is 2.57. The van der Waals surface area contributed by atoms with Gasteiger partial charge in [-0.1, -0.05) is 12.1 Å². The van der Waals surface area contributed by atoms with Crippen LogP contribution in [0.25, 0.3) is 0 Å². The topological polar surface area (TPSA) is 125 Å². The van der Waals surface area contributed by atoms with Crippen molar-refractivity contribution in [3.05, 3.63) is 48.0 Å². The minimum atomic E-state index is -3.88. The van der Waals surface area contributed by atoms with Crippen molar-refractivity contribution in [1.29, 1.82) is 0 Å². The molecular weight excluding hydrogens is 392 g/mol. The molecule has 0 aliphatic carbocycles. The third kappa shape index (κ3) is 4.59. The van der Waals surface area contributed by atoms with Crippen molar-refractivity contribution in [2.75, 3.05) is 13.2 Å². The van der Waals surface area contributed by atoms with Gasteiger partial charge < -0.3 is 9.47 Å². The van der Waals surface area contributed by atoms with E-state index in [0.717, 1.165) is 0 Å². The van der Waals surface area contributed by atoms with Crippen LogP contribution in [0, 0.1) is 0 Å². The van der Waals surface area contributed by atoms with Gasteiger partial charge in [0.05, 0.1) is 23.0 Å². The van der Waals surface area contributed by atoms with Gasteiger partial charge in [0.25, 0.3) is 0 Å². The zero-order valence-electron chi connectivity index (χ0n) is 14.6. The second-order valence-corrected chi connectivity index (χ2v) is 9.39. The minimum absolute atomic E-state index is 0.0289. The van der Waals surface area contributed by atoms with Gasteiger partial charge in [-0.25, -0.2) is 26.7 Å². The van der Waals surface area contributed by atoms with Gasteiger partial charge in [-0.2, -0.15) is 0 Å². The number of fused-ring (bicyclic) bond motifs is 1. The van der Waals surface area contributed by atoms with Crippen LogP contribution in [0.1, 0.15) is 24.9 Å². The first-order valence-corrected chi connectivity index (χ1v) is 11.2. The predicted octanol–water partition coefficient (Wildman–Crippen LogP) is 1.53. The molecule has 2 aromatic carbocycles. The molecule has 27 heavy (non-hydrogen) atoms. The fourth-order valence-electron chi connectivity index (χ4n) is 2.64. The number of ether oxygens (including phenoxy) is 2. The average molecular weight is 412 g/mol. The van der Waals surface area contributed by atoms with Crippen LogP contribution in [0.2, 0.25) is 0 Å². The Bertz CT molecular complexity index is 1050. The van der Waals surface area contributed by atoms with E-state index < -0.39 is 26.1 Å². The van der Waals surface area contributed by atoms with Crippen molar-refractivity contribution in [1.82, 2.24) is 4.72 Å². The molecule has 3 N–H and O–H groups in total. The zero-order chi connectivity index (χ0) is 19.7. The average Bonchev–Trinajstić information content (AvgIpc) is 2.85. The summed E-state index contributed by atoms with van der Waals surface area (Å²) >= 11 is 0. The van der Waals surface area contributed by atoms with E-state index in [1.165, 1.54) is 30.3 Å². The Kier molecular flexibility index (Phi) is 5.43. The Morgan fingerprint density at radius 3 is 2.37 bits per heavy atom. The summed E-state index contributed by atoms with van der Waals surface area (Å²) in [5.74, 6) is 0.875. The molecule has 1 heterocycles. The van der Waals surface area contributed by atoms with E-state index in [1.54, 1.807) is 19.1 Å². The van der Waals surface area contributed by atoms with Crippen LogP contribution >= 0.6 is 0 Å². The van der Waals surface area contributed by atoms with Gasteiger partial charge in [-0.05, 0) is 36.8 Å². The molecule has 0 radical (unpaired) electrons. The van der Waals surface area contributed by atoms with Crippen LogP contribution in [-0.4, -0.2) is 30.0 Å². The number of hydrogen-bond donors (Lipinski definition) is 2. The van der Waals surface area contributed by atoms with Crippen molar-refractivity contribution < 1.29 is 26.3 Å². The van der Waals surface area contributed by atoms with Gasteiger partial charge in [-0.3, -0.25) is 0 Å². The molecule has 0 amide bonds. The second kappa shape index (κ2) is 7.47. The molecule has 0 saturated carbocycles. The molecule has 0 fully saturated rings. The number of rotatable bonds is 5. The lowest BCUT2D eigenvalue weighted by Crippen LogP contribution is -2.27. The monoisotopic (exact) mass is 412 g/mol. The number of nitrogens with two attached hydrogens (primary N) is 1. The summed E-state index contributed by atoms with van der Waals surface area (Å²) in [6, 6.07) is 9.55. The molecular formula is C17H20N2O6S2. The van der Waals surface area contributed by atoms with Gasteiger partial charge in [0.1, 0.15) is 0 Å². The van der Waals surface area contributed by atoms with Gasteiger partial charge in [-0.15, -0.1) is 0 Å². The highest BCUT2D eigenvalue weighted by atomic mass is 32.2. The third-order valence-electron chi connectivity index (χ3n) is 4.05. The fourth-order valence-corrected chi connectivity index (χ4v) is 4.46. The molecule has 8 nitrogen and oxygen atoms in total. The second-order valence-electron chi connectivity index (χ2n) is 6.12. The van der Waals surface area contributed by atoms with Crippen LogP contribution in [0.3, 0.4) is 0 Å². The quantitative estimate of drug-likeness (QED) is 0.767. The van der Waals surface area contributed by atoms with Crippen molar-refractivity contribution >= 4 is 20.0 Å². The Morgan fingerprint density at radius 2 is 1.67 bits per heavy atom. The van der Waals surface area contributed by atoms with Crippen molar-refractivity contribution in [2.24, 2.45) is 5.14 Å². The maximum Gasteiger partial charge on any atom is 0.241 e. The third-order valence-corrected chi connectivity index (χ3v) is 6.50. The van der Waals surface area contributed by atoms with E-state index in [-0.39, 0.29) is 9.79 Å². The normalized spacial score (nSPS) is 15.8. The van der Waals surface area contributed by atoms with Gasteiger partial charge in [0, 0.05) is 18.5 Å². The predicted molar refractivity (Wildman–Crippen MR) is 98.6 cm³/mol. The molecule has 3 rings (SSSR count). The molecule has 0 aromatic heterocycles. The SMILES string of the molecule is CC(NS(=O)(=O)c1ccc2c(c1)OCCCO2)c1cccc(S(N)(=O)=O)c1. The Morgan fingerprint density at radius 1 is 0.963 bits per heavy atom. The van der Waals surface area contributed by atoms with Crippen LogP contribution in [-0.2, 0) is 20.0 Å². The molecule has 0 saturated heterocycles. The number of hydrogen-bond acceptors (Lipinski definition) is 6. The van der Waals surface area contributed by atoms with Crippen LogP contribution in [0.5, 0.6) is 11.5 Å². The molecule has 1 unspecified atom stereocenters. The lowest BCUT2D eigenvalue weighted by Gasteiger charge is -2.16. The molecule has 10 heteroatoms. The highest BCUT2D eigenvalue weighted by Gasteiger charge is 2.22. The van der Waals surface area contributed by atoms with E-state index in [2.05, 4.69) is 4.72 Å². The molecule has 1 atom stereocenters. The maximum atomic E-state index is 12.7. The van der Waals surface area contributed by atoms with Crippen molar-refractivity contribution in [3.8, 4) is 11.5 Å². The summed E-state index contributed by atoms with van der Waals surface area (Å²) in [4.78, 5) is -0.0529. The van der Waals surface area contributed by atoms with Crippen LogP contribution in [0.4, 0.5) is 0 Å². The highest BCUT2D eigenvalue weighted by Crippen LogP contribution is 2.32. The molecule has 2 aromatic rings. The lowest BCUT2D eigenvalue weighted by molar-refractivity contribution is 0.297. The van der Waals surface area contributed by atoms with E-state index in [9.17, 15) is 16.8 Å². The van der Waals surface area contributed by atoms with Crippen molar-refractivity contribution in [3.63, 3.8) is 0 Å². The van der Waals surface area contributed by atoms with E-state index in [0.29, 0.717) is 36.7 Å². The molecule has 1 aliphatic heterocycles. The zero-order valence-corrected chi connectivity index (χ0v) is 16.2. The van der Waals surface area contributed by atoms with E-state index in [4.69, 9.17) is 14.6 Å². The van der Waals surface area contributed by atoms with Crippen LogP contribution in [0.15, 0.2) is 52.3 Å². The van der Waals surface area contributed by atoms with E-state index >= 15 is 0 Å². The Balaban J connectivity index is 1.85. The summed E-state index contributed by atoms with van der Waals surface area (Å²) in [6.07, 6.45) is 0.715. The molecule has 0 bridgehead atoms. The smallest absolute Gasteiger partial charge is 0.241 e. The van der Waals surface area contributed by atoms with E-state index in [1.807, 2.05) is 0 Å². The first kappa shape index (κ1) is 19.6. The summed E-state index contributed by atoms with van der Waals surface area (Å²) in [5.41, 5.74) is 0.472. The summed E-state index contributed by atoms with van der Waals surface area (Å²) in [7, 11) is -7.74. The summed E-state index contributed by atoms with van der Waals surface area (Å²) < 4.78 is 62.0. The standard InChI is InChI=1S/C17H20N2O6S2/c1-12(13-4-2-5-14(10-13)26(18,20)21)19-27(22,23)15-6-7-16-17(11-15)25-9-3-8-24-16/h2,4-7,10-12,19H,3,8-9H2,1H3,(H2,18,20,21). The molecule has 146 valence electrons. The number of sulfonamides is 2. The maximum absolute atomic E-state index is 12.7. The van der Waals surface area contributed by atoms with Crippen molar-refractivity contribution in [2.45, 2.75) is 29.2 Å². The number of nitrogens with one attached hydrogen (secondary N) is 1. The number of benzene rings is 2. The summed E-state index contributed by atoms with van der Waals surface area (Å²) in [5, 5.41) is 5.13. The first-order chi connectivity index (χ1) is 12.7. The fraction of sp³-hybridized carbons (Fsp3) is 0.294. The Hall–Kier alpha value is -2.14. The highest BCUT2D eigenvalue weighted by molar-refractivity contribution is 7.89. The minimum Gasteiger partial charge on any atom is -0.490 e. The molecule has 1 aliphatic rings. The van der Waals surface area contributed by atoms with Gasteiger partial charge >= 0.3 is 0 Å².